The Morgan fingerprint density at radius 1 is 1.00 bits per heavy atom. The number of esters is 1. The summed E-state index contributed by atoms with van der Waals surface area (Å²) in [5.41, 5.74) is -0.135. The molecule has 0 bridgehead atoms. The van der Waals surface area contributed by atoms with E-state index < -0.39 is 23.3 Å². The molecule has 4 nitrogen and oxygen atoms in total. The first-order chi connectivity index (χ1) is 12.1. The summed E-state index contributed by atoms with van der Waals surface area (Å²) >= 11 is 0. The zero-order valence-corrected chi connectivity index (χ0v) is 17.0. The Bertz CT molecular complexity index is 577. The maximum Gasteiger partial charge on any atom is 0.313 e. The Morgan fingerprint density at radius 2 is 1.58 bits per heavy atom. The van der Waals surface area contributed by atoms with Gasteiger partial charge in [0.1, 0.15) is 0 Å². The molecule has 4 heteroatoms. The minimum Gasteiger partial charge on any atom is -0.481 e. The SMILES string of the molecule is CC(C)COC(=O)C(Cc1ccccc1)(C(C)C)C(CC(C)C)C(=O)O. The molecule has 0 aliphatic heterocycles. The van der Waals surface area contributed by atoms with Gasteiger partial charge in [-0.15, -0.1) is 0 Å². The number of hydrogen-bond donors (Lipinski definition) is 1. The maximum atomic E-state index is 13.3. The van der Waals surface area contributed by atoms with Crippen molar-refractivity contribution in [3.8, 4) is 0 Å². The van der Waals surface area contributed by atoms with Crippen molar-refractivity contribution in [2.45, 2.75) is 54.4 Å². The number of carboxylic acid groups (broad SMARTS) is 1. The van der Waals surface area contributed by atoms with Crippen LogP contribution in [0.25, 0.3) is 0 Å². The molecular formula is C22H34O4. The molecule has 0 heterocycles. The highest BCUT2D eigenvalue weighted by Gasteiger charge is 2.52. The molecular weight excluding hydrogens is 328 g/mol. The third-order valence-electron chi connectivity index (χ3n) is 4.92. The van der Waals surface area contributed by atoms with E-state index in [4.69, 9.17) is 4.74 Å². The molecule has 0 aromatic heterocycles. The molecule has 0 aliphatic rings. The lowest BCUT2D eigenvalue weighted by Crippen LogP contribution is -2.50. The minimum atomic E-state index is -1.09. The smallest absolute Gasteiger partial charge is 0.313 e. The van der Waals surface area contributed by atoms with Gasteiger partial charge in [-0.2, -0.15) is 0 Å². The van der Waals surface area contributed by atoms with Crippen molar-refractivity contribution in [3.63, 3.8) is 0 Å². The summed E-state index contributed by atoms with van der Waals surface area (Å²) in [5, 5.41) is 10.0. The van der Waals surface area contributed by atoms with Gasteiger partial charge in [0.05, 0.1) is 17.9 Å². The Hall–Kier alpha value is -1.84. The van der Waals surface area contributed by atoms with E-state index in [9.17, 15) is 14.7 Å². The van der Waals surface area contributed by atoms with Gasteiger partial charge in [0, 0.05) is 0 Å². The van der Waals surface area contributed by atoms with Crippen molar-refractivity contribution >= 4 is 11.9 Å². The number of benzene rings is 1. The van der Waals surface area contributed by atoms with Gasteiger partial charge in [-0.1, -0.05) is 71.9 Å². The lowest BCUT2D eigenvalue weighted by Gasteiger charge is -2.41. The van der Waals surface area contributed by atoms with Gasteiger partial charge in [0.15, 0.2) is 0 Å². The second-order valence-corrected chi connectivity index (χ2v) is 8.37. The molecule has 0 spiro atoms. The third-order valence-corrected chi connectivity index (χ3v) is 4.92. The van der Waals surface area contributed by atoms with Gasteiger partial charge in [-0.3, -0.25) is 9.59 Å². The Kier molecular flexibility index (Phi) is 8.32. The summed E-state index contributed by atoms with van der Waals surface area (Å²) in [6.45, 7) is 12.1. The summed E-state index contributed by atoms with van der Waals surface area (Å²) in [6, 6.07) is 9.64. The van der Waals surface area contributed by atoms with Crippen molar-refractivity contribution in [2.24, 2.45) is 29.1 Å². The lowest BCUT2D eigenvalue weighted by molar-refractivity contribution is -0.173. The topological polar surface area (TPSA) is 63.6 Å². The molecule has 1 rings (SSSR count). The van der Waals surface area contributed by atoms with E-state index in [0.717, 1.165) is 5.56 Å². The monoisotopic (exact) mass is 362 g/mol. The fourth-order valence-corrected chi connectivity index (χ4v) is 3.49. The number of aliphatic carboxylic acids is 1. The van der Waals surface area contributed by atoms with Gasteiger partial charge in [-0.05, 0) is 36.2 Å². The first-order valence-electron chi connectivity index (χ1n) is 9.55. The highest BCUT2D eigenvalue weighted by Crippen LogP contribution is 2.44. The largest absolute Gasteiger partial charge is 0.481 e. The zero-order chi connectivity index (χ0) is 19.9. The van der Waals surface area contributed by atoms with Crippen LogP contribution < -0.4 is 0 Å². The molecule has 0 saturated carbocycles. The highest BCUT2D eigenvalue weighted by atomic mass is 16.5. The van der Waals surface area contributed by atoms with E-state index >= 15 is 0 Å². The molecule has 1 aromatic carbocycles. The van der Waals surface area contributed by atoms with Gasteiger partial charge in [-0.25, -0.2) is 0 Å². The Labute approximate surface area is 158 Å². The maximum absolute atomic E-state index is 13.3. The predicted octanol–water partition coefficient (Wildman–Crippen LogP) is 4.82. The fraction of sp³-hybridized carbons (Fsp3) is 0.636. The molecule has 0 saturated heterocycles. The summed E-state index contributed by atoms with van der Waals surface area (Å²) in [6.07, 6.45) is 0.809. The molecule has 0 amide bonds. The van der Waals surface area contributed by atoms with Gasteiger partial charge >= 0.3 is 11.9 Å². The minimum absolute atomic E-state index is 0.165. The van der Waals surface area contributed by atoms with E-state index in [-0.39, 0.29) is 17.8 Å². The van der Waals surface area contributed by atoms with E-state index in [1.165, 1.54) is 0 Å². The first-order valence-corrected chi connectivity index (χ1v) is 9.55. The quantitative estimate of drug-likeness (QED) is 0.606. The number of carbonyl (C=O) groups excluding carboxylic acids is 1. The van der Waals surface area contributed by atoms with Gasteiger partial charge < -0.3 is 9.84 Å². The van der Waals surface area contributed by atoms with Crippen LogP contribution in [0.1, 0.15) is 53.5 Å². The average Bonchev–Trinajstić information content (AvgIpc) is 2.55. The normalized spacial score (nSPS) is 15.1. The Balaban J connectivity index is 3.42. The fourth-order valence-electron chi connectivity index (χ4n) is 3.49. The zero-order valence-electron chi connectivity index (χ0n) is 17.0. The third kappa shape index (κ3) is 5.58. The van der Waals surface area contributed by atoms with Crippen LogP contribution in [0.2, 0.25) is 0 Å². The van der Waals surface area contributed by atoms with Crippen LogP contribution in [-0.2, 0) is 20.7 Å². The van der Waals surface area contributed by atoms with Gasteiger partial charge in [0.25, 0.3) is 0 Å². The number of carboxylic acids is 1. The summed E-state index contributed by atoms with van der Waals surface area (Å²) in [4.78, 5) is 25.5. The van der Waals surface area contributed by atoms with Crippen LogP contribution in [0.5, 0.6) is 0 Å². The van der Waals surface area contributed by atoms with E-state index in [1.807, 2.05) is 71.9 Å². The van der Waals surface area contributed by atoms with Crippen LogP contribution in [0.4, 0.5) is 0 Å². The molecule has 2 atom stereocenters. The van der Waals surface area contributed by atoms with Crippen molar-refractivity contribution in [3.05, 3.63) is 35.9 Å². The second-order valence-electron chi connectivity index (χ2n) is 8.37. The number of hydrogen-bond acceptors (Lipinski definition) is 3. The second kappa shape index (κ2) is 9.75. The van der Waals surface area contributed by atoms with Gasteiger partial charge in [0.2, 0.25) is 0 Å². The molecule has 2 unspecified atom stereocenters. The molecule has 1 N–H and O–H groups in total. The van der Waals surface area contributed by atoms with Crippen molar-refractivity contribution in [2.75, 3.05) is 6.61 Å². The number of carbonyl (C=O) groups is 2. The molecule has 0 aliphatic carbocycles. The lowest BCUT2D eigenvalue weighted by atomic mass is 9.62. The number of ether oxygens (including phenoxy) is 1. The van der Waals surface area contributed by atoms with Crippen LogP contribution >= 0.6 is 0 Å². The predicted molar refractivity (Wildman–Crippen MR) is 104 cm³/mol. The van der Waals surface area contributed by atoms with E-state index in [1.54, 1.807) is 0 Å². The van der Waals surface area contributed by atoms with Crippen LogP contribution in [0.15, 0.2) is 30.3 Å². The highest BCUT2D eigenvalue weighted by molar-refractivity contribution is 5.85. The molecule has 26 heavy (non-hydrogen) atoms. The standard InChI is InChI=1S/C22H34O4/c1-15(2)12-19(20(23)24)22(17(5)6,21(25)26-14-16(3)4)13-18-10-8-7-9-11-18/h7-11,15-17,19H,12-14H2,1-6H3,(H,23,24). The average molecular weight is 363 g/mol. The number of rotatable bonds is 10. The molecule has 146 valence electrons. The molecule has 0 fully saturated rings. The first kappa shape index (κ1) is 22.2. The molecule has 0 radical (unpaired) electrons. The Morgan fingerprint density at radius 3 is 2.00 bits per heavy atom. The van der Waals surface area contributed by atoms with Crippen LogP contribution in [0, 0.1) is 29.1 Å². The summed E-state index contributed by atoms with van der Waals surface area (Å²) in [7, 11) is 0. The molecule has 1 aromatic rings. The van der Waals surface area contributed by atoms with Crippen molar-refractivity contribution < 1.29 is 19.4 Å². The van der Waals surface area contributed by atoms with E-state index in [0.29, 0.717) is 19.4 Å². The van der Waals surface area contributed by atoms with Crippen LogP contribution in [-0.4, -0.2) is 23.7 Å². The van der Waals surface area contributed by atoms with E-state index in [2.05, 4.69) is 0 Å². The summed E-state index contributed by atoms with van der Waals surface area (Å²) in [5.74, 6) is -1.90. The van der Waals surface area contributed by atoms with Crippen molar-refractivity contribution in [1.29, 1.82) is 0 Å². The summed E-state index contributed by atoms with van der Waals surface area (Å²) < 4.78 is 5.61. The van der Waals surface area contributed by atoms with Crippen LogP contribution in [0.3, 0.4) is 0 Å². The van der Waals surface area contributed by atoms with Crippen molar-refractivity contribution in [1.82, 2.24) is 0 Å².